The van der Waals surface area contributed by atoms with Crippen LogP contribution >= 0.6 is 0 Å². The van der Waals surface area contributed by atoms with Gasteiger partial charge in [0.15, 0.2) is 0 Å². The molecule has 0 fully saturated rings. The van der Waals surface area contributed by atoms with Crippen molar-refractivity contribution in [2.24, 2.45) is 17.8 Å². The van der Waals surface area contributed by atoms with Crippen LogP contribution in [-0.4, -0.2) is 35.3 Å². The van der Waals surface area contributed by atoms with E-state index < -0.39 is 15.5 Å². The van der Waals surface area contributed by atoms with Gasteiger partial charge in [0.25, 0.3) is 0 Å². The fourth-order valence-corrected chi connectivity index (χ4v) is 5.48. The van der Waals surface area contributed by atoms with E-state index in [9.17, 15) is 4.39 Å². The molecule has 0 aromatic heterocycles. The Bertz CT molecular complexity index is 231. The Hall–Kier alpha value is 0.0269. The Morgan fingerprint density at radius 1 is 0.895 bits per heavy atom. The predicted molar refractivity (Wildman–Crippen MR) is 78.9 cm³/mol. The first-order valence-corrected chi connectivity index (χ1v) is 9.02. The molecule has 0 aliphatic carbocycles. The minimum Gasteiger partial charge on any atom is -0.377 e. The molecule has 0 radical (unpaired) electrons. The van der Waals surface area contributed by atoms with Crippen LogP contribution in [0.25, 0.3) is 0 Å². The third-order valence-corrected chi connectivity index (χ3v) is 6.77. The molecule has 0 spiro atoms. The average Bonchev–Trinajstić information content (AvgIpc) is 2.33. The maximum atomic E-state index is 12.8. The Balaban J connectivity index is 5.51. The lowest BCUT2D eigenvalue weighted by molar-refractivity contribution is -0.108. The molecular weight excluding hydrogens is 263 g/mol. The molecule has 0 bridgehead atoms. The summed E-state index contributed by atoms with van der Waals surface area (Å²) in [6, 6.07) is 0.202. The summed E-state index contributed by atoms with van der Waals surface area (Å²) in [5.41, 5.74) is -0.368. The van der Waals surface area contributed by atoms with Gasteiger partial charge < -0.3 is 13.3 Å². The number of hydrogen-bond donors (Lipinski definition) is 0. The molecular formula is C14H31FO3Si. The summed E-state index contributed by atoms with van der Waals surface area (Å²) in [6.45, 7) is 12.3. The van der Waals surface area contributed by atoms with Crippen LogP contribution in [0.2, 0.25) is 6.04 Å². The highest BCUT2D eigenvalue weighted by Crippen LogP contribution is 2.40. The van der Waals surface area contributed by atoms with E-state index in [0.717, 1.165) is 0 Å². The average molecular weight is 294 g/mol. The zero-order valence-corrected chi connectivity index (χ0v) is 14.7. The first kappa shape index (κ1) is 19.0. The molecule has 0 saturated heterocycles. The zero-order valence-electron chi connectivity index (χ0n) is 13.7. The molecule has 0 heterocycles. The number of hydrogen-bond acceptors (Lipinski definition) is 3. The van der Waals surface area contributed by atoms with Crippen LogP contribution in [0.5, 0.6) is 0 Å². The normalized spacial score (nSPS) is 13.9. The van der Waals surface area contributed by atoms with Gasteiger partial charge >= 0.3 is 8.80 Å². The summed E-state index contributed by atoms with van der Waals surface area (Å²) in [5.74, 6) is 0.887. The lowest BCUT2D eigenvalue weighted by Crippen LogP contribution is -2.59. The number of rotatable bonds is 9. The van der Waals surface area contributed by atoms with Crippen LogP contribution in [-0.2, 0) is 13.3 Å². The Morgan fingerprint density at radius 3 is 1.47 bits per heavy atom. The van der Waals surface area contributed by atoms with E-state index in [0.29, 0.717) is 17.8 Å². The summed E-state index contributed by atoms with van der Waals surface area (Å²) >= 11 is 0. The highest BCUT2D eigenvalue weighted by molar-refractivity contribution is 6.60. The van der Waals surface area contributed by atoms with E-state index >= 15 is 0 Å². The van der Waals surface area contributed by atoms with Crippen LogP contribution in [0.3, 0.4) is 0 Å². The third kappa shape index (κ3) is 4.00. The molecule has 0 atom stereocenters. The summed E-state index contributed by atoms with van der Waals surface area (Å²) < 4.78 is 30.2. The summed E-state index contributed by atoms with van der Waals surface area (Å²) in [4.78, 5) is 0. The van der Waals surface area contributed by atoms with Crippen molar-refractivity contribution in [3.63, 3.8) is 0 Å². The molecule has 19 heavy (non-hydrogen) atoms. The molecule has 0 amide bonds. The standard InChI is InChI=1S/C14H31FO3Si/c1-11(2)14(12(3)4,13(5)6)18-19(16-7,17-8)10-9-15/h11-13H,9-10H2,1-8H3. The monoisotopic (exact) mass is 294 g/mol. The van der Waals surface area contributed by atoms with E-state index in [2.05, 4.69) is 41.5 Å². The summed E-state index contributed by atoms with van der Waals surface area (Å²) in [6.07, 6.45) is 0. The fraction of sp³-hybridized carbons (Fsp3) is 1.00. The molecule has 116 valence electrons. The van der Waals surface area contributed by atoms with Gasteiger partial charge in [-0.25, -0.2) is 0 Å². The maximum absolute atomic E-state index is 12.8. The minimum absolute atomic E-state index is 0.202. The van der Waals surface area contributed by atoms with Gasteiger partial charge in [-0.2, -0.15) is 0 Å². The highest BCUT2D eigenvalue weighted by Gasteiger charge is 2.51. The van der Waals surface area contributed by atoms with Crippen molar-refractivity contribution in [3.05, 3.63) is 0 Å². The molecule has 0 aromatic carbocycles. The van der Waals surface area contributed by atoms with Gasteiger partial charge in [-0.3, -0.25) is 4.39 Å². The SMILES string of the molecule is CO[Si](CCF)(OC)OC(C(C)C)(C(C)C)C(C)C. The van der Waals surface area contributed by atoms with Crippen molar-refractivity contribution in [1.29, 1.82) is 0 Å². The molecule has 0 aliphatic heterocycles. The topological polar surface area (TPSA) is 27.7 Å². The van der Waals surface area contributed by atoms with Gasteiger partial charge in [-0.15, -0.1) is 0 Å². The van der Waals surface area contributed by atoms with E-state index in [-0.39, 0.29) is 11.6 Å². The second kappa shape index (κ2) is 7.72. The van der Waals surface area contributed by atoms with Gasteiger partial charge in [0.1, 0.15) is 0 Å². The summed E-state index contributed by atoms with van der Waals surface area (Å²) in [7, 11) is 0.163. The smallest absolute Gasteiger partial charge is 0.377 e. The molecule has 0 aromatic rings. The third-order valence-electron chi connectivity index (χ3n) is 4.06. The second-order valence-electron chi connectivity index (χ2n) is 5.95. The van der Waals surface area contributed by atoms with E-state index in [1.165, 1.54) is 0 Å². The lowest BCUT2D eigenvalue weighted by Gasteiger charge is -2.49. The molecule has 3 nitrogen and oxygen atoms in total. The highest BCUT2D eigenvalue weighted by atomic mass is 28.4. The van der Waals surface area contributed by atoms with E-state index in [1.54, 1.807) is 14.2 Å². The molecule has 5 heteroatoms. The predicted octanol–water partition coefficient (Wildman–Crippen LogP) is 3.91. The second-order valence-corrected chi connectivity index (χ2v) is 8.84. The van der Waals surface area contributed by atoms with Crippen LogP contribution < -0.4 is 0 Å². The van der Waals surface area contributed by atoms with Gasteiger partial charge in [0.05, 0.1) is 12.3 Å². The molecule has 0 aliphatic rings. The van der Waals surface area contributed by atoms with Crippen LogP contribution in [0, 0.1) is 17.8 Å². The van der Waals surface area contributed by atoms with Gasteiger partial charge in [0, 0.05) is 20.3 Å². The molecule has 0 rings (SSSR count). The Morgan fingerprint density at radius 2 is 1.26 bits per heavy atom. The summed E-state index contributed by atoms with van der Waals surface area (Å²) in [5, 5.41) is 0. The van der Waals surface area contributed by atoms with Crippen molar-refractivity contribution in [3.8, 4) is 0 Å². The first-order chi connectivity index (χ1) is 8.72. The minimum atomic E-state index is -2.94. The first-order valence-electron chi connectivity index (χ1n) is 7.08. The van der Waals surface area contributed by atoms with Crippen molar-refractivity contribution >= 4 is 8.80 Å². The van der Waals surface area contributed by atoms with Crippen molar-refractivity contribution in [1.82, 2.24) is 0 Å². The van der Waals surface area contributed by atoms with Crippen molar-refractivity contribution < 1.29 is 17.7 Å². The van der Waals surface area contributed by atoms with Gasteiger partial charge in [-0.05, 0) is 17.8 Å². The van der Waals surface area contributed by atoms with Gasteiger partial charge in [0.2, 0.25) is 0 Å². The number of alkyl halides is 1. The lowest BCUT2D eigenvalue weighted by atomic mass is 9.73. The van der Waals surface area contributed by atoms with Crippen molar-refractivity contribution in [2.75, 3.05) is 20.9 Å². The molecule has 0 saturated carbocycles. The van der Waals surface area contributed by atoms with E-state index in [1.807, 2.05) is 0 Å². The quantitative estimate of drug-likeness (QED) is 0.603. The van der Waals surface area contributed by atoms with Crippen molar-refractivity contribution in [2.45, 2.75) is 53.2 Å². The largest absolute Gasteiger partial charge is 0.503 e. The Labute approximate surface area is 119 Å². The van der Waals surface area contributed by atoms with Crippen LogP contribution in [0.4, 0.5) is 4.39 Å². The Kier molecular flexibility index (Phi) is 7.73. The van der Waals surface area contributed by atoms with Crippen LogP contribution in [0.15, 0.2) is 0 Å². The van der Waals surface area contributed by atoms with Crippen LogP contribution in [0.1, 0.15) is 41.5 Å². The molecule has 0 unspecified atom stereocenters. The number of halogens is 1. The molecule has 0 N–H and O–H groups in total. The fourth-order valence-electron chi connectivity index (χ4n) is 3.16. The maximum Gasteiger partial charge on any atom is 0.503 e. The van der Waals surface area contributed by atoms with E-state index in [4.69, 9.17) is 13.3 Å². The zero-order chi connectivity index (χ0) is 15.3. The van der Waals surface area contributed by atoms with Gasteiger partial charge in [-0.1, -0.05) is 41.5 Å².